The topological polar surface area (TPSA) is 84.7 Å². The van der Waals surface area contributed by atoms with E-state index in [0.29, 0.717) is 17.0 Å². The van der Waals surface area contributed by atoms with Crippen molar-refractivity contribution in [2.24, 2.45) is 0 Å². The van der Waals surface area contributed by atoms with Gasteiger partial charge in [-0.1, -0.05) is 31.4 Å². The summed E-state index contributed by atoms with van der Waals surface area (Å²) in [5.74, 6) is 0.178. The predicted molar refractivity (Wildman–Crippen MR) is 110 cm³/mol. The number of imidazole rings is 1. The van der Waals surface area contributed by atoms with E-state index in [1.54, 1.807) is 54.1 Å². The van der Waals surface area contributed by atoms with E-state index in [1.807, 2.05) is 6.07 Å². The fourth-order valence-corrected chi connectivity index (χ4v) is 3.75. The van der Waals surface area contributed by atoms with Crippen LogP contribution in [0.1, 0.15) is 53.2 Å². The molecule has 2 N–H and O–H groups in total. The highest BCUT2D eigenvalue weighted by atomic mass is 16.5. The zero-order chi connectivity index (χ0) is 20.2. The van der Waals surface area contributed by atoms with Crippen molar-refractivity contribution in [2.75, 3.05) is 12.4 Å². The third-order valence-corrected chi connectivity index (χ3v) is 5.23. The van der Waals surface area contributed by atoms with Crippen molar-refractivity contribution in [2.45, 2.75) is 38.1 Å². The number of rotatable bonds is 5. The molecule has 0 bridgehead atoms. The molecule has 4 rings (SSSR count). The van der Waals surface area contributed by atoms with E-state index < -0.39 is 5.91 Å². The standard InChI is InChI=1S/C22H24N4O3/c1-29-17-11-7-10-16(14-17)24-22(28)20-25-19(18-12-5-6-13-26(18)20)21(27)23-15-8-3-2-4-9-15/h5-7,10-15H,2-4,8-9H2,1H3,(H,23,27)(H,24,28). The lowest BCUT2D eigenvalue weighted by atomic mass is 9.95. The van der Waals surface area contributed by atoms with Crippen molar-refractivity contribution >= 4 is 23.0 Å². The average Bonchev–Trinajstić information content (AvgIpc) is 3.15. The number of nitrogens with one attached hydrogen (secondary N) is 2. The first-order valence-electron chi connectivity index (χ1n) is 9.89. The molecule has 0 spiro atoms. The van der Waals surface area contributed by atoms with Gasteiger partial charge in [-0.25, -0.2) is 4.98 Å². The lowest BCUT2D eigenvalue weighted by molar-refractivity contribution is 0.0925. The number of hydrogen-bond acceptors (Lipinski definition) is 4. The summed E-state index contributed by atoms with van der Waals surface area (Å²) in [6.45, 7) is 0. The Balaban J connectivity index is 1.61. The molecule has 0 unspecified atom stereocenters. The minimum Gasteiger partial charge on any atom is -0.497 e. The molecule has 0 radical (unpaired) electrons. The fourth-order valence-electron chi connectivity index (χ4n) is 3.75. The molecule has 1 saturated carbocycles. The Bertz CT molecular complexity index is 1040. The largest absolute Gasteiger partial charge is 0.497 e. The number of carbonyl (C=O) groups is 2. The van der Waals surface area contributed by atoms with Gasteiger partial charge in [-0.05, 0) is 37.1 Å². The van der Waals surface area contributed by atoms with Crippen LogP contribution in [0.5, 0.6) is 5.75 Å². The summed E-state index contributed by atoms with van der Waals surface area (Å²) >= 11 is 0. The molecule has 3 aromatic rings. The first-order valence-corrected chi connectivity index (χ1v) is 9.89. The van der Waals surface area contributed by atoms with Gasteiger partial charge in [-0.2, -0.15) is 0 Å². The van der Waals surface area contributed by atoms with Crippen LogP contribution in [0.25, 0.3) is 5.52 Å². The number of hydrogen-bond donors (Lipinski definition) is 2. The molecule has 0 atom stereocenters. The second-order valence-corrected chi connectivity index (χ2v) is 7.23. The Morgan fingerprint density at radius 2 is 1.90 bits per heavy atom. The van der Waals surface area contributed by atoms with Crippen LogP contribution in [0, 0.1) is 0 Å². The monoisotopic (exact) mass is 392 g/mol. The Morgan fingerprint density at radius 3 is 2.69 bits per heavy atom. The molecule has 0 saturated heterocycles. The predicted octanol–water partition coefficient (Wildman–Crippen LogP) is 3.66. The van der Waals surface area contributed by atoms with Crippen molar-refractivity contribution in [3.8, 4) is 5.75 Å². The van der Waals surface area contributed by atoms with Crippen molar-refractivity contribution in [3.63, 3.8) is 0 Å². The molecule has 2 heterocycles. The van der Waals surface area contributed by atoms with Crippen LogP contribution in [0.2, 0.25) is 0 Å². The van der Waals surface area contributed by atoms with E-state index >= 15 is 0 Å². The number of anilines is 1. The second-order valence-electron chi connectivity index (χ2n) is 7.23. The van der Waals surface area contributed by atoms with Crippen LogP contribution in [0.4, 0.5) is 5.69 Å². The molecular formula is C22H24N4O3. The summed E-state index contributed by atoms with van der Waals surface area (Å²) in [5.41, 5.74) is 1.47. The summed E-state index contributed by atoms with van der Waals surface area (Å²) in [6, 6.07) is 12.7. The van der Waals surface area contributed by atoms with Crippen LogP contribution >= 0.6 is 0 Å². The van der Waals surface area contributed by atoms with Crippen LogP contribution in [0.3, 0.4) is 0 Å². The van der Waals surface area contributed by atoms with Crippen molar-refractivity contribution in [3.05, 3.63) is 60.2 Å². The highest BCUT2D eigenvalue weighted by Crippen LogP contribution is 2.21. The SMILES string of the molecule is COc1cccc(NC(=O)c2nc(C(=O)NC3CCCCC3)c3ccccn23)c1. The minimum absolute atomic E-state index is 0.164. The third kappa shape index (κ3) is 4.08. The summed E-state index contributed by atoms with van der Waals surface area (Å²) in [4.78, 5) is 30.2. The maximum atomic E-state index is 12.9. The highest BCUT2D eigenvalue weighted by Gasteiger charge is 2.24. The minimum atomic E-state index is -0.392. The Labute approximate surface area is 169 Å². The van der Waals surface area contributed by atoms with Gasteiger partial charge in [0.1, 0.15) is 5.75 Å². The van der Waals surface area contributed by atoms with Crippen molar-refractivity contribution < 1.29 is 14.3 Å². The van der Waals surface area contributed by atoms with Gasteiger partial charge in [0.25, 0.3) is 11.8 Å². The average molecular weight is 392 g/mol. The maximum Gasteiger partial charge on any atom is 0.292 e. The van der Waals surface area contributed by atoms with Gasteiger partial charge in [0.2, 0.25) is 5.82 Å². The molecule has 1 aromatic carbocycles. The molecule has 1 aliphatic carbocycles. The molecule has 2 aromatic heterocycles. The zero-order valence-corrected chi connectivity index (χ0v) is 16.4. The molecule has 0 aliphatic heterocycles. The van der Waals surface area contributed by atoms with E-state index in [2.05, 4.69) is 15.6 Å². The quantitative estimate of drug-likeness (QED) is 0.694. The van der Waals surface area contributed by atoms with Crippen LogP contribution < -0.4 is 15.4 Å². The smallest absolute Gasteiger partial charge is 0.292 e. The van der Waals surface area contributed by atoms with Gasteiger partial charge in [0, 0.05) is 24.0 Å². The number of ether oxygens (including phenoxy) is 1. The van der Waals surface area contributed by atoms with Gasteiger partial charge in [0.15, 0.2) is 5.69 Å². The van der Waals surface area contributed by atoms with Crippen LogP contribution in [-0.2, 0) is 0 Å². The van der Waals surface area contributed by atoms with E-state index in [9.17, 15) is 9.59 Å². The highest BCUT2D eigenvalue weighted by molar-refractivity contribution is 6.06. The maximum absolute atomic E-state index is 12.9. The normalized spacial score (nSPS) is 14.5. The Morgan fingerprint density at radius 1 is 1.07 bits per heavy atom. The molecule has 1 aliphatic rings. The number of carbonyl (C=O) groups excluding carboxylic acids is 2. The Kier molecular flexibility index (Phi) is 5.46. The molecular weight excluding hydrogens is 368 g/mol. The second kappa shape index (κ2) is 8.34. The number of benzene rings is 1. The summed E-state index contributed by atoms with van der Waals surface area (Å²) < 4.78 is 6.84. The summed E-state index contributed by atoms with van der Waals surface area (Å²) in [6.07, 6.45) is 7.18. The van der Waals surface area contributed by atoms with Crippen molar-refractivity contribution in [1.82, 2.24) is 14.7 Å². The lowest BCUT2D eigenvalue weighted by Gasteiger charge is -2.22. The number of methoxy groups -OCH3 is 1. The van der Waals surface area contributed by atoms with Gasteiger partial charge in [0.05, 0.1) is 12.6 Å². The molecule has 29 heavy (non-hydrogen) atoms. The van der Waals surface area contributed by atoms with Gasteiger partial charge in [-0.3, -0.25) is 14.0 Å². The van der Waals surface area contributed by atoms with E-state index in [1.165, 1.54) is 6.42 Å². The van der Waals surface area contributed by atoms with Crippen molar-refractivity contribution in [1.29, 1.82) is 0 Å². The molecule has 7 heteroatoms. The van der Waals surface area contributed by atoms with Gasteiger partial charge >= 0.3 is 0 Å². The van der Waals surface area contributed by atoms with Crippen LogP contribution in [-0.4, -0.2) is 34.4 Å². The van der Waals surface area contributed by atoms with Crippen LogP contribution in [0.15, 0.2) is 48.7 Å². The first kappa shape index (κ1) is 19.0. The molecule has 150 valence electrons. The number of amides is 2. The van der Waals surface area contributed by atoms with Gasteiger partial charge in [-0.15, -0.1) is 0 Å². The number of nitrogens with zero attached hydrogens (tertiary/aromatic N) is 2. The zero-order valence-electron chi connectivity index (χ0n) is 16.4. The molecule has 1 fully saturated rings. The summed E-state index contributed by atoms with van der Waals surface area (Å²) in [7, 11) is 1.57. The lowest BCUT2D eigenvalue weighted by Crippen LogP contribution is -2.36. The van der Waals surface area contributed by atoms with E-state index in [-0.39, 0.29) is 23.5 Å². The Hall–Kier alpha value is -3.35. The van der Waals surface area contributed by atoms with E-state index in [0.717, 1.165) is 25.7 Å². The summed E-state index contributed by atoms with van der Waals surface area (Å²) in [5, 5.41) is 5.91. The number of pyridine rings is 1. The fraction of sp³-hybridized carbons (Fsp3) is 0.318. The molecule has 7 nitrogen and oxygen atoms in total. The first-order chi connectivity index (χ1) is 14.2. The van der Waals surface area contributed by atoms with Gasteiger partial charge < -0.3 is 15.4 Å². The number of aromatic nitrogens is 2. The third-order valence-electron chi connectivity index (χ3n) is 5.23. The number of fused-ring (bicyclic) bond motifs is 1. The van der Waals surface area contributed by atoms with E-state index in [4.69, 9.17) is 4.74 Å². The molecule has 2 amide bonds.